The van der Waals surface area contributed by atoms with Crippen molar-refractivity contribution in [3.05, 3.63) is 0 Å². The molecule has 0 aliphatic carbocycles. The van der Waals surface area contributed by atoms with Crippen LogP contribution in [0.3, 0.4) is 0 Å². The van der Waals surface area contributed by atoms with Crippen LogP contribution in [0.25, 0.3) is 0 Å². The number of piperazine rings is 1. The van der Waals surface area contributed by atoms with E-state index in [1.807, 2.05) is 0 Å². The number of nitrogens with one attached hydrogen (secondary N) is 1. The van der Waals surface area contributed by atoms with E-state index >= 15 is 0 Å². The molecule has 126 valence electrons. The van der Waals surface area contributed by atoms with Gasteiger partial charge in [-0.05, 0) is 47.0 Å². The topological polar surface area (TPSA) is 49.4 Å². The molecule has 0 aromatic rings. The first-order valence-corrected chi connectivity index (χ1v) is 9.71. The van der Waals surface area contributed by atoms with Crippen molar-refractivity contribution in [2.24, 2.45) is 5.92 Å². The first-order valence-electron chi connectivity index (χ1n) is 8.05. The van der Waals surface area contributed by atoms with E-state index in [4.69, 9.17) is 0 Å². The summed E-state index contributed by atoms with van der Waals surface area (Å²) in [5.41, 5.74) is 0.0545. The summed E-state index contributed by atoms with van der Waals surface area (Å²) in [6.45, 7) is 16.7. The molecule has 1 aliphatic heterocycles. The van der Waals surface area contributed by atoms with Gasteiger partial charge in [-0.1, -0.05) is 13.8 Å². The van der Waals surface area contributed by atoms with Crippen LogP contribution in [0, 0.1) is 5.92 Å². The van der Waals surface area contributed by atoms with Gasteiger partial charge in [0, 0.05) is 31.2 Å². The van der Waals surface area contributed by atoms with Crippen molar-refractivity contribution in [3.63, 3.8) is 0 Å². The fraction of sp³-hybridized carbons (Fsp3) is 1.00. The van der Waals surface area contributed by atoms with Gasteiger partial charge in [0.25, 0.3) is 0 Å². The molecule has 1 heterocycles. The second-order valence-electron chi connectivity index (χ2n) is 8.45. The molecule has 0 radical (unpaired) electrons. The molecule has 0 spiro atoms. The molecular formula is C16H34N2O2S. The SMILES string of the molecule is CC(C)CC1CNC(C)(C)CN1CCS(=O)(=O)C(C)(C)C. The van der Waals surface area contributed by atoms with Gasteiger partial charge in [0.05, 0.1) is 10.5 Å². The highest BCUT2D eigenvalue weighted by Crippen LogP contribution is 2.22. The largest absolute Gasteiger partial charge is 0.309 e. The fourth-order valence-electron chi connectivity index (χ4n) is 2.80. The van der Waals surface area contributed by atoms with Crippen molar-refractivity contribution >= 4 is 9.84 Å². The normalized spacial score (nSPS) is 24.5. The average Bonchev–Trinajstić information content (AvgIpc) is 2.27. The van der Waals surface area contributed by atoms with Crippen molar-refractivity contribution < 1.29 is 8.42 Å². The Morgan fingerprint density at radius 3 is 2.33 bits per heavy atom. The molecule has 1 rings (SSSR count). The summed E-state index contributed by atoms with van der Waals surface area (Å²) in [6, 6.07) is 0.438. The van der Waals surface area contributed by atoms with Gasteiger partial charge in [-0.2, -0.15) is 0 Å². The molecule has 1 unspecified atom stereocenters. The molecule has 0 aromatic carbocycles. The maximum atomic E-state index is 12.3. The highest BCUT2D eigenvalue weighted by Gasteiger charge is 2.35. The van der Waals surface area contributed by atoms with E-state index in [-0.39, 0.29) is 11.3 Å². The van der Waals surface area contributed by atoms with E-state index in [1.165, 1.54) is 0 Å². The minimum atomic E-state index is -3.05. The molecule has 0 amide bonds. The maximum absolute atomic E-state index is 12.3. The summed E-state index contributed by atoms with van der Waals surface area (Å²) in [4.78, 5) is 2.37. The molecule has 21 heavy (non-hydrogen) atoms. The quantitative estimate of drug-likeness (QED) is 0.845. The van der Waals surface area contributed by atoms with Crippen LogP contribution in [0.1, 0.15) is 54.9 Å². The Kier molecular flexibility index (Phi) is 5.90. The Morgan fingerprint density at radius 1 is 1.29 bits per heavy atom. The van der Waals surface area contributed by atoms with Gasteiger partial charge in [0.15, 0.2) is 9.84 Å². The lowest BCUT2D eigenvalue weighted by molar-refractivity contribution is 0.0887. The van der Waals surface area contributed by atoms with E-state index in [9.17, 15) is 8.42 Å². The molecule has 0 bridgehead atoms. The summed E-state index contributed by atoms with van der Waals surface area (Å²) in [5, 5.41) is 3.58. The summed E-state index contributed by atoms with van der Waals surface area (Å²) >= 11 is 0. The number of sulfone groups is 1. The maximum Gasteiger partial charge on any atom is 0.156 e. The molecule has 0 saturated carbocycles. The number of hydrogen-bond donors (Lipinski definition) is 1. The van der Waals surface area contributed by atoms with E-state index in [0.29, 0.717) is 18.5 Å². The lowest BCUT2D eigenvalue weighted by Gasteiger charge is -2.45. The smallest absolute Gasteiger partial charge is 0.156 e. The molecule has 1 saturated heterocycles. The second kappa shape index (κ2) is 6.55. The summed E-state index contributed by atoms with van der Waals surface area (Å²) in [5.74, 6) is 0.876. The molecule has 1 atom stereocenters. The third kappa shape index (κ3) is 5.53. The van der Waals surface area contributed by atoms with Crippen molar-refractivity contribution in [1.29, 1.82) is 0 Å². The lowest BCUT2D eigenvalue weighted by atomic mass is 9.94. The first kappa shape index (κ1) is 18.9. The third-order valence-corrected chi connectivity index (χ3v) is 6.84. The Labute approximate surface area is 131 Å². The van der Waals surface area contributed by atoms with Crippen molar-refractivity contribution in [2.75, 3.05) is 25.4 Å². The minimum absolute atomic E-state index is 0.0545. The zero-order valence-corrected chi connectivity index (χ0v) is 15.7. The summed E-state index contributed by atoms with van der Waals surface area (Å²) < 4.78 is 24.0. The van der Waals surface area contributed by atoms with Gasteiger partial charge in [0.1, 0.15) is 0 Å². The molecule has 0 aromatic heterocycles. The van der Waals surface area contributed by atoms with Crippen LogP contribution < -0.4 is 5.32 Å². The van der Waals surface area contributed by atoms with Crippen LogP contribution in [0.15, 0.2) is 0 Å². The van der Waals surface area contributed by atoms with Crippen LogP contribution >= 0.6 is 0 Å². The zero-order valence-electron chi connectivity index (χ0n) is 14.9. The van der Waals surface area contributed by atoms with E-state index in [2.05, 4.69) is 37.9 Å². The van der Waals surface area contributed by atoms with Gasteiger partial charge in [-0.15, -0.1) is 0 Å². The lowest BCUT2D eigenvalue weighted by Crippen LogP contribution is -2.62. The molecule has 5 heteroatoms. The number of nitrogens with zero attached hydrogens (tertiary/aromatic N) is 1. The van der Waals surface area contributed by atoms with Crippen LogP contribution in [-0.2, 0) is 9.84 Å². The highest BCUT2D eigenvalue weighted by molar-refractivity contribution is 7.92. The van der Waals surface area contributed by atoms with Gasteiger partial charge in [-0.3, -0.25) is 4.90 Å². The summed E-state index contributed by atoms with van der Waals surface area (Å²) in [7, 11) is -3.05. The number of hydrogen-bond acceptors (Lipinski definition) is 4. The van der Waals surface area contributed by atoms with Crippen molar-refractivity contribution in [2.45, 2.75) is 71.2 Å². The molecular weight excluding hydrogens is 284 g/mol. The van der Waals surface area contributed by atoms with E-state index in [1.54, 1.807) is 20.8 Å². The Bertz CT molecular complexity index is 436. The fourth-order valence-corrected chi connectivity index (χ4v) is 3.88. The standard InChI is InChI=1S/C16H34N2O2S/c1-13(2)10-14-11-17-16(6,7)12-18(14)8-9-21(19,20)15(3,4)5/h13-14,17H,8-12H2,1-7H3. The summed E-state index contributed by atoms with van der Waals surface area (Å²) in [6.07, 6.45) is 1.11. The molecule has 1 aliphatic rings. The Morgan fingerprint density at radius 2 is 1.86 bits per heavy atom. The van der Waals surface area contributed by atoms with Crippen LogP contribution in [0.2, 0.25) is 0 Å². The predicted octanol–water partition coefficient (Wildman–Crippen LogP) is 2.30. The van der Waals surface area contributed by atoms with E-state index in [0.717, 1.165) is 19.5 Å². The monoisotopic (exact) mass is 318 g/mol. The van der Waals surface area contributed by atoms with Gasteiger partial charge >= 0.3 is 0 Å². The third-order valence-electron chi connectivity index (χ3n) is 4.25. The minimum Gasteiger partial charge on any atom is -0.309 e. The van der Waals surface area contributed by atoms with Gasteiger partial charge < -0.3 is 5.32 Å². The first-order chi connectivity index (χ1) is 9.34. The second-order valence-corrected chi connectivity index (χ2v) is 11.3. The van der Waals surface area contributed by atoms with Crippen molar-refractivity contribution in [3.8, 4) is 0 Å². The van der Waals surface area contributed by atoms with Gasteiger partial charge in [0.2, 0.25) is 0 Å². The van der Waals surface area contributed by atoms with Crippen LogP contribution in [-0.4, -0.2) is 55.0 Å². The van der Waals surface area contributed by atoms with Crippen molar-refractivity contribution in [1.82, 2.24) is 10.2 Å². The molecule has 4 nitrogen and oxygen atoms in total. The van der Waals surface area contributed by atoms with Gasteiger partial charge in [-0.25, -0.2) is 8.42 Å². The van der Waals surface area contributed by atoms with Crippen LogP contribution in [0.5, 0.6) is 0 Å². The molecule has 1 N–H and O–H groups in total. The Balaban J connectivity index is 2.75. The Hall–Kier alpha value is -0.130. The predicted molar refractivity (Wildman–Crippen MR) is 90.4 cm³/mol. The zero-order chi connectivity index (χ0) is 16.5. The van der Waals surface area contributed by atoms with Crippen LogP contribution in [0.4, 0.5) is 0 Å². The molecule has 1 fully saturated rings. The number of rotatable bonds is 5. The average molecular weight is 319 g/mol. The highest BCUT2D eigenvalue weighted by atomic mass is 32.2. The van der Waals surface area contributed by atoms with E-state index < -0.39 is 14.6 Å².